The van der Waals surface area contributed by atoms with Gasteiger partial charge in [0.25, 0.3) is 0 Å². The predicted molar refractivity (Wildman–Crippen MR) is 49.8 cm³/mol. The number of rotatable bonds is 1. The average molecular weight is 177 g/mol. The highest BCUT2D eigenvalue weighted by molar-refractivity contribution is 5.79. The number of aromatic hydroxyl groups is 1. The van der Waals surface area contributed by atoms with Crippen LogP contribution in [0.1, 0.15) is 25.7 Å². The molecule has 0 saturated carbocycles. The molecule has 1 heterocycles. The topological polar surface area (TPSA) is 46.3 Å². The van der Waals surface area contributed by atoms with Crippen LogP contribution in [0.4, 0.5) is 0 Å². The predicted octanol–water partition coefficient (Wildman–Crippen LogP) is 2.66. The highest BCUT2D eigenvalue weighted by Crippen LogP contribution is 2.26. The first-order chi connectivity index (χ1) is 6.18. The van der Waals surface area contributed by atoms with Crippen molar-refractivity contribution in [2.45, 2.75) is 19.8 Å². The van der Waals surface area contributed by atoms with Crippen LogP contribution >= 0.6 is 0 Å². The highest BCUT2D eigenvalue weighted by Gasteiger charge is 2.10. The van der Waals surface area contributed by atoms with Gasteiger partial charge in [-0.2, -0.15) is 0 Å². The van der Waals surface area contributed by atoms with E-state index in [0.717, 1.165) is 0 Å². The molecule has 13 heavy (non-hydrogen) atoms. The summed E-state index contributed by atoms with van der Waals surface area (Å²) in [7, 11) is 0. The van der Waals surface area contributed by atoms with E-state index < -0.39 is 0 Å². The molecule has 0 saturated heterocycles. The lowest BCUT2D eigenvalue weighted by Gasteiger charge is -1.93. The second kappa shape index (κ2) is 2.76. The molecule has 1 aromatic carbocycles. The minimum Gasteiger partial charge on any atom is -0.506 e. The van der Waals surface area contributed by atoms with Gasteiger partial charge in [-0.05, 0) is 12.1 Å². The van der Waals surface area contributed by atoms with Crippen molar-refractivity contribution < 1.29 is 9.52 Å². The van der Waals surface area contributed by atoms with Gasteiger partial charge >= 0.3 is 0 Å². The van der Waals surface area contributed by atoms with Gasteiger partial charge in [-0.25, -0.2) is 4.98 Å². The Labute approximate surface area is 76.0 Å². The van der Waals surface area contributed by atoms with E-state index in [1.807, 2.05) is 13.8 Å². The zero-order valence-corrected chi connectivity index (χ0v) is 7.61. The molecule has 0 atom stereocenters. The van der Waals surface area contributed by atoms with Gasteiger partial charge < -0.3 is 9.52 Å². The number of hydrogen-bond donors (Lipinski definition) is 1. The summed E-state index contributed by atoms with van der Waals surface area (Å²) in [5.41, 5.74) is 1.19. The maximum Gasteiger partial charge on any atom is 0.198 e. The number of phenolic OH excluding ortho intramolecular Hbond substituents is 1. The Morgan fingerprint density at radius 3 is 2.77 bits per heavy atom. The molecule has 0 radical (unpaired) electrons. The van der Waals surface area contributed by atoms with Crippen molar-refractivity contribution in [3.05, 3.63) is 24.1 Å². The first-order valence-corrected chi connectivity index (χ1v) is 4.27. The molecule has 0 aliphatic heterocycles. The van der Waals surface area contributed by atoms with Crippen molar-refractivity contribution in [1.82, 2.24) is 4.98 Å². The normalized spacial score (nSPS) is 11.3. The maximum atomic E-state index is 9.44. The van der Waals surface area contributed by atoms with Crippen LogP contribution in [0.15, 0.2) is 22.6 Å². The number of oxazole rings is 1. The van der Waals surface area contributed by atoms with E-state index >= 15 is 0 Å². The summed E-state index contributed by atoms with van der Waals surface area (Å²) in [4.78, 5) is 4.20. The van der Waals surface area contributed by atoms with Crippen molar-refractivity contribution in [3.63, 3.8) is 0 Å². The monoisotopic (exact) mass is 177 g/mol. The first kappa shape index (κ1) is 8.10. The molecule has 2 aromatic rings. The molecule has 0 aliphatic carbocycles. The Balaban J connectivity index is 2.68. The molecule has 0 fully saturated rings. The maximum absolute atomic E-state index is 9.44. The molecule has 0 aliphatic rings. The lowest BCUT2D eigenvalue weighted by Crippen LogP contribution is -1.84. The third kappa shape index (κ3) is 1.26. The SMILES string of the molecule is CC(C)c1nc2c(O)cccc2o1. The summed E-state index contributed by atoms with van der Waals surface area (Å²) in [5.74, 6) is 1.08. The van der Waals surface area contributed by atoms with E-state index in [4.69, 9.17) is 4.42 Å². The van der Waals surface area contributed by atoms with Crippen molar-refractivity contribution in [2.75, 3.05) is 0 Å². The second-order valence-corrected chi connectivity index (χ2v) is 3.33. The van der Waals surface area contributed by atoms with Gasteiger partial charge in [0.05, 0.1) is 0 Å². The minimum absolute atomic E-state index is 0.174. The van der Waals surface area contributed by atoms with Crippen LogP contribution in [0.2, 0.25) is 0 Å². The molecule has 3 nitrogen and oxygen atoms in total. The number of benzene rings is 1. The summed E-state index contributed by atoms with van der Waals surface area (Å²) in [5, 5.41) is 9.44. The van der Waals surface area contributed by atoms with Gasteiger partial charge in [-0.3, -0.25) is 0 Å². The molecule has 0 spiro atoms. The van der Waals surface area contributed by atoms with Crippen molar-refractivity contribution in [1.29, 1.82) is 0 Å². The van der Waals surface area contributed by atoms with Crippen LogP contribution < -0.4 is 0 Å². The standard InChI is InChI=1S/C10H11NO2/c1-6(2)10-11-9-7(12)4-3-5-8(9)13-10/h3-6,12H,1-2H3. The van der Waals surface area contributed by atoms with Crippen molar-refractivity contribution >= 4 is 11.1 Å². The molecular weight excluding hydrogens is 166 g/mol. The number of aromatic nitrogens is 1. The summed E-state index contributed by atoms with van der Waals surface area (Å²) in [6, 6.07) is 5.15. The molecule has 2 rings (SSSR count). The Hall–Kier alpha value is -1.51. The largest absolute Gasteiger partial charge is 0.506 e. The smallest absolute Gasteiger partial charge is 0.198 e. The number of para-hydroxylation sites is 1. The van der Waals surface area contributed by atoms with Gasteiger partial charge in [0.2, 0.25) is 0 Å². The molecule has 68 valence electrons. The molecular formula is C10H11NO2. The molecule has 0 amide bonds. The van der Waals surface area contributed by atoms with Crippen LogP contribution in [-0.2, 0) is 0 Å². The summed E-state index contributed by atoms with van der Waals surface area (Å²) >= 11 is 0. The van der Waals surface area contributed by atoms with E-state index in [2.05, 4.69) is 4.98 Å². The van der Waals surface area contributed by atoms with Crippen LogP contribution in [0.25, 0.3) is 11.1 Å². The van der Waals surface area contributed by atoms with Gasteiger partial charge in [-0.15, -0.1) is 0 Å². The lowest BCUT2D eigenvalue weighted by molar-refractivity contribution is 0.480. The quantitative estimate of drug-likeness (QED) is 0.728. The lowest BCUT2D eigenvalue weighted by atomic mass is 10.2. The zero-order chi connectivity index (χ0) is 9.42. The molecule has 0 unspecified atom stereocenters. The number of nitrogens with zero attached hydrogens (tertiary/aromatic N) is 1. The highest BCUT2D eigenvalue weighted by atomic mass is 16.4. The van der Waals surface area contributed by atoms with Crippen LogP contribution in [-0.4, -0.2) is 10.1 Å². The van der Waals surface area contributed by atoms with E-state index in [9.17, 15) is 5.11 Å². The van der Waals surface area contributed by atoms with Gasteiger partial charge in [0.15, 0.2) is 17.0 Å². The third-order valence-electron chi connectivity index (χ3n) is 1.91. The Morgan fingerprint density at radius 1 is 1.38 bits per heavy atom. The van der Waals surface area contributed by atoms with Gasteiger partial charge in [0, 0.05) is 5.92 Å². The number of fused-ring (bicyclic) bond motifs is 1. The van der Waals surface area contributed by atoms with Crippen LogP contribution in [0.5, 0.6) is 5.75 Å². The fraction of sp³-hybridized carbons (Fsp3) is 0.300. The van der Waals surface area contributed by atoms with Crippen molar-refractivity contribution in [2.24, 2.45) is 0 Å². The second-order valence-electron chi connectivity index (χ2n) is 3.33. The summed E-state index contributed by atoms with van der Waals surface area (Å²) in [6.45, 7) is 4.00. The molecule has 1 aromatic heterocycles. The first-order valence-electron chi connectivity index (χ1n) is 4.27. The Kier molecular flexibility index (Phi) is 1.72. The summed E-state index contributed by atoms with van der Waals surface area (Å²) < 4.78 is 5.44. The minimum atomic E-state index is 0.174. The Morgan fingerprint density at radius 2 is 2.15 bits per heavy atom. The summed E-state index contributed by atoms with van der Waals surface area (Å²) in [6.07, 6.45) is 0. The van der Waals surface area contributed by atoms with Crippen LogP contribution in [0.3, 0.4) is 0 Å². The van der Waals surface area contributed by atoms with E-state index in [1.165, 1.54) is 0 Å². The van der Waals surface area contributed by atoms with Gasteiger partial charge in [0.1, 0.15) is 5.75 Å². The zero-order valence-electron chi connectivity index (χ0n) is 7.61. The van der Waals surface area contributed by atoms with Crippen LogP contribution in [0, 0.1) is 0 Å². The van der Waals surface area contributed by atoms with E-state index in [1.54, 1.807) is 18.2 Å². The average Bonchev–Trinajstić information content (AvgIpc) is 2.49. The van der Waals surface area contributed by atoms with E-state index in [-0.39, 0.29) is 11.7 Å². The van der Waals surface area contributed by atoms with E-state index in [0.29, 0.717) is 17.0 Å². The number of hydrogen-bond acceptors (Lipinski definition) is 3. The fourth-order valence-corrected chi connectivity index (χ4v) is 1.20. The third-order valence-corrected chi connectivity index (χ3v) is 1.91. The molecule has 0 bridgehead atoms. The number of phenols is 1. The Bertz CT molecular complexity index is 431. The van der Waals surface area contributed by atoms with Crippen molar-refractivity contribution in [3.8, 4) is 5.75 Å². The van der Waals surface area contributed by atoms with Gasteiger partial charge in [-0.1, -0.05) is 19.9 Å². The fourth-order valence-electron chi connectivity index (χ4n) is 1.20. The molecule has 3 heteroatoms. The molecule has 1 N–H and O–H groups in total.